The molecule has 5 heteroatoms. The van der Waals surface area contributed by atoms with Gasteiger partial charge in [0.1, 0.15) is 0 Å². The zero-order valence-electron chi connectivity index (χ0n) is 10.5. The summed E-state index contributed by atoms with van der Waals surface area (Å²) in [6.07, 6.45) is 0.971. The second kappa shape index (κ2) is 11.1. The Hall–Kier alpha value is -0.390. The van der Waals surface area contributed by atoms with E-state index in [1.165, 1.54) is 0 Å². The van der Waals surface area contributed by atoms with Crippen molar-refractivity contribution in [2.24, 2.45) is 5.92 Å². The third kappa shape index (κ3) is 11.7. The third-order valence-electron chi connectivity index (χ3n) is 1.79. The average molecular weight is 248 g/mol. The predicted octanol–water partition coefficient (Wildman–Crippen LogP) is 1.16. The van der Waals surface area contributed by atoms with Gasteiger partial charge in [0.2, 0.25) is 0 Å². The number of methoxy groups -OCH3 is 1. The monoisotopic (exact) mass is 248 g/mol. The van der Waals surface area contributed by atoms with Crippen LogP contribution in [0.1, 0.15) is 20.3 Å². The summed E-state index contributed by atoms with van der Waals surface area (Å²) in [5.74, 6) is 0.602. The minimum Gasteiger partial charge on any atom is -0.383 e. The van der Waals surface area contributed by atoms with E-state index in [2.05, 4.69) is 24.5 Å². The fourth-order valence-electron chi connectivity index (χ4n) is 1.02. The van der Waals surface area contributed by atoms with Gasteiger partial charge in [-0.2, -0.15) is 0 Å². The van der Waals surface area contributed by atoms with Gasteiger partial charge in [-0.3, -0.25) is 0 Å². The maximum absolute atomic E-state index is 5.45. The molecule has 96 valence electrons. The Kier molecular flexibility index (Phi) is 10.8. The molecule has 0 aromatic heterocycles. The van der Waals surface area contributed by atoms with Crippen molar-refractivity contribution in [3.05, 3.63) is 0 Å². The molecular weight excluding hydrogens is 224 g/mol. The first-order chi connectivity index (χ1) is 7.66. The number of hydrogen-bond acceptors (Lipinski definition) is 3. The van der Waals surface area contributed by atoms with Gasteiger partial charge in [-0.25, -0.2) is 0 Å². The van der Waals surface area contributed by atoms with E-state index in [1.807, 2.05) is 0 Å². The molecule has 0 aliphatic heterocycles. The smallest absolute Gasteiger partial charge is 0.166 e. The zero-order chi connectivity index (χ0) is 12.2. The number of rotatable bonds is 9. The Morgan fingerprint density at radius 3 is 2.50 bits per heavy atom. The van der Waals surface area contributed by atoms with E-state index < -0.39 is 0 Å². The van der Waals surface area contributed by atoms with Crippen LogP contribution in [0.15, 0.2) is 0 Å². The van der Waals surface area contributed by atoms with Gasteiger partial charge in [0, 0.05) is 33.4 Å². The summed E-state index contributed by atoms with van der Waals surface area (Å²) in [5, 5.41) is 6.84. The van der Waals surface area contributed by atoms with Crippen LogP contribution in [-0.2, 0) is 9.47 Å². The maximum atomic E-state index is 5.45. The number of thiocarbonyl (C=S) groups is 1. The highest BCUT2D eigenvalue weighted by molar-refractivity contribution is 7.80. The highest BCUT2D eigenvalue weighted by Crippen LogP contribution is 1.92. The van der Waals surface area contributed by atoms with Gasteiger partial charge in [0.25, 0.3) is 0 Å². The summed E-state index contributed by atoms with van der Waals surface area (Å²) in [7, 11) is 1.67. The lowest BCUT2D eigenvalue weighted by Gasteiger charge is -2.10. The molecule has 0 saturated carbocycles. The standard InChI is InChI=1S/C11H24N2O2S/c1-10(2)9-15-7-4-5-12-11(16)13-6-8-14-3/h10H,4-9H2,1-3H3,(H2,12,13,16). The van der Waals surface area contributed by atoms with Crippen molar-refractivity contribution in [1.82, 2.24) is 10.6 Å². The van der Waals surface area contributed by atoms with E-state index >= 15 is 0 Å². The molecule has 0 aliphatic rings. The van der Waals surface area contributed by atoms with Crippen LogP contribution in [0.25, 0.3) is 0 Å². The molecule has 0 saturated heterocycles. The zero-order valence-corrected chi connectivity index (χ0v) is 11.4. The molecule has 0 aliphatic carbocycles. The van der Waals surface area contributed by atoms with Crippen molar-refractivity contribution >= 4 is 17.3 Å². The Balaban J connectivity index is 3.15. The van der Waals surface area contributed by atoms with Crippen LogP contribution >= 0.6 is 12.2 Å². The van der Waals surface area contributed by atoms with Gasteiger partial charge in [-0.05, 0) is 24.6 Å². The molecule has 0 fully saturated rings. The van der Waals surface area contributed by atoms with Crippen LogP contribution in [-0.4, -0.2) is 45.1 Å². The molecule has 0 atom stereocenters. The van der Waals surface area contributed by atoms with E-state index in [-0.39, 0.29) is 0 Å². The fourth-order valence-corrected chi connectivity index (χ4v) is 1.23. The summed E-state index contributed by atoms with van der Waals surface area (Å²) in [5.41, 5.74) is 0. The van der Waals surface area contributed by atoms with Gasteiger partial charge < -0.3 is 20.1 Å². The lowest BCUT2D eigenvalue weighted by atomic mass is 10.2. The number of ether oxygens (including phenoxy) is 2. The second-order valence-corrected chi connectivity index (χ2v) is 4.41. The molecule has 2 N–H and O–H groups in total. The second-order valence-electron chi connectivity index (χ2n) is 4.00. The molecule has 0 aromatic carbocycles. The highest BCUT2D eigenvalue weighted by Gasteiger charge is 1.95. The van der Waals surface area contributed by atoms with Crippen LogP contribution in [0.2, 0.25) is 0 Å². The molecular formula is C11H24N2O2S. The van der Waals surface area contributed by atoms with Crippen molar-refractivity contribution < 1.29 is 9.47 Å². The lowest BCUT2D eigenvalue weighted by molar-refractivity contribution is 0.108. The van der Waals surface area contributed by atoms with E-state index in [9.17, 15) is 0 Å². The number of nitrogens with one attached hydrogen (secondary N) is 2. The van der Waals surface area contributed by atoms with E-state index in [0.717, 1.165) is 32.7 Å². The average Bonchev–Trinajstić information content (AvgIpc) is 2.23. The first-order valence-corrected chi connectivity index (χ1v) is 6.16. The molecule has 0 radical (unpaired) electrons. The number of hydrogen-bond donors (Lipinski definition) is 2. The molecule has 4 nitrogen and oxygen atoms in total. The minimum atomic E-state index is 0.602. The van der Waals surface area contributed by atoms with E-state index in [0.29, 0.717) is 17.6 Å². The summed E-state index contributed by atoms with van der Waals surface area (Å²) in [6.45, 7) is 8.16. The summed E-state index contributed by atoms with van der Waals surface area (Å²) >= 11 is 5.07. The summed E-state index contributed by atoms with van der Waals surface area (Å²) < 4.78 is 10.4. The van der Waals surface area contributed by atoms with Crippen molar-refractivity contribution in [1.29, 1.82) is 0 Å². The van der Waals surface area contributed by atoms with Crippen LogP contribution in [0.5, 0.6) is 0 Å². The van der Waals surface area contributed by atoms with Crippen LogP contribution in [0, 0.1) is 5.92 Å². The largest absolute Gasteiger partial charge is 0.383 e. The fraction of sp³-hybridized carbons (Fsp3) is 0.909. The van der Waals surface area contributed by atoms with Gasteiger partial charge in [0.15, 0.2) is 5.11 Å². The first kappa shape index (κ1) is 15.6. The Bertz CT molecular complexity index is 177. The van der Waals surface area contributed by atoms with Crippen molar-refractivity contribution in [3.63, 3.8) is 0 Å². The molecule has 16 heavy (non-hydrogen) atoms. The van der Waals surface area contributed by atoms with Gasteiger partial charge in [-0.15, -0.1) is 0 Å². The van der Waals surface area contributed by atoms with Gasteiger partial charge in [0.05, 0.1) is 6.61 Å². The van der Waals surface area contributed by atoms with Crippen molar-refractivity contribution in [2.75, 3.05) is 40.0 Å². The molecule has 0 bridgehead atoms. The third-order valence-corrected chi connectivity index (χ3v) is 2.08. The molecule has 0 heterocycles. The van der Waals surface area contributed by atoms with Crippen molar-refractivity contribution in [2.45, 2.75) is 20.3 Å². The van der Waals surface area contributed by atoms with Crippen LogP contribution in [0.4, 0.5) is 0 Å². The molecule has 0 spiro atoms. The first-order valence-electron chi connectivity index (χ1n) is 5.75. The lowest BCUT2D eigenvalue weighted by Crippen LogP contribution is -2.37. The normalized spacial score (nSPS) is 10.5. The highest BCUT2D eigenvalue weighted by atomic mass is 32.1. The van der Waals surface area contributed by atoms with E-state index in [4.69, 9.17) is 21.7 Å². The predicted molar refractivity (Wildman–Crippen MR) is 70.8 cm³/mol. The van der Waals surface area contributed by atoms with Crippen molar-refractivity contribution in [3.8, 4) is 0 Å². The maximum Gasteiger partial charge on any atom is 0.166 e. The van der Waals surface area contributed by atoms with Gasteiger partial charge in [-0.1, -0.05) is 13.8 Å². The molecule has 0 unspecified atom stereocenters. The molecule has 0 aromatic rings. The van der Waals surface area contributed by atoms with E-state index in [1.54, 1.807) is 7.11 Å². The minimum absolute atomic E-state index is 0.602. The Morgan fingerprint density at radius 2 is 1.88 bits per heavy atom. The Morgan fingerprint density at radius 1 is 1.19 bits per heavy atom. The summed E-state index contributed by atoms with van der Waals surface area (Å²) in [6, 6.07) is 0. The topological polar surface area (TPSA) is 42.5 Å². The Labute approximate surface area is 104 Å². The molecule has 0 rings (SSSR count). The van der Waals surface area contributed by atoms with Crippen LogP contribution in [0.3, 0.4) is 0 Å². The summed E-state index contributed by atoms with van der Waals surface area (Å²) in [4.78, 5) is 0. The van der Waals surface area contributed by atoms with Crippen LogP contribution < -0.4 is 10.6 Å². The van der Waals surface area contributed by atoms with Gasteiger partial charge >= 0.3 is 0 Å². The SMILES string of the molecule is COCCNC(=S)NCCCOCC(C)C. The molecule has 0 amide bonds. The quantitative estimate of drug-likeness (QED) is 0.473.